The van der Waals surface area contributed by atoms with E-state index in [2.05, 4.69) is 5.32 Å². The molecule has 104 valence electrons. The molecule has 0 spiro atoms. The average Bonchev–Trinajstić information content (AvgIpc) is 2.37. The maximum atomic E-state index is 12.1. The first kappa shape index (κ1) is 15.8. The van der Waals surface area contributed by atoms with Crippen LogP contribution in [0.5, 0.6) is 0 Å². The Morgan fingerprint density at radius 3 is 2.68 bits per heavy atom. The predicted molar refractivity (Wildman–Crippen MR) is 79.0 cm³/mol. The first-order valence-corrected chi connectivity index (χ1v) is 6.80. The van der Waals surface area contributed by atoms with Crippen molar-refractivity contribution in [3.8, 4) is 0 Å². The number of halogens is 1. The number of aliphatic hydroxyl groups is 1. The zero-order valence-corrected chi connectivity index (χ0v) is 12.7. The standard InChI is InChI=1S/C12H15IN2O4/c1-7(6-16)8(2)14-12(17)10-5-9(15(18)19)3-4-11(10)13/h3-5,7-8,16H,6H2,1-2H3,(H,14,17). The highest BCUT2D eigenvalue weighted by Crippen LogP contribution is 2.19. The summed E-state index contributed by atoms with van der Waals surface area (Å²) in [6.45, 7) is 3.56. The number of hydrogen-bond donors (Lipinski definition) is 2. The van der Waals surface area contributed by atoms with E-state index in [-0.39, 0.29) is 35.7 Å². The predicted octanol–water partition coefficient (Wildman–Crippen LogP) is 1.95. The molecule has 6 nitrogen and oxygen atoms in total. The van der Waals surface area contributed by atoms with Crippen LogP contribution in [-0.4, -0.2) is 28.6 Å². The van der Waals surface area contributed by atoms with Gasteiger partial charge < -0.3 is 10.4 Å². The summed E-state index contributed by atoms with van der Waals surface area (Å²) >= 11 is 1.96. The van der Waals surface area contributed by atoms with E-state index in [0.717, 1.165) is 0 Å². The van der Waals surface area contributed by atoms with Gasteiger partial charge in [0.2, 0.25) is 0 Å². The quantitative estimate of drug-likeness (QED) is 0.465. The topological polar surface area (TPSA) is 92.5 Å². The first-order chi connectivity index (χ1) is 8.86. The summed E-state index contributed by atoms with van der Waals surface area (Å²) in [4.78, 5) is 22.2. The highest BCUT2D eigenvalue weighted by atomic mass is 127. The largest absolute Gasteiger partial charge is 0.396 e. The van der Waals surface area contributed by atoms with Gasteiger partial charge in [0, 0.05) is 28.4 Å². The SMILES string of the molecule is CC(CO)C(C)NC(=O)c1cc([N+](=O)[O-])ccc1I. The van der Waals surface area contributed by atoms with Gasteiger partial charge in [-0.2, -0.15) is 0 Å². The maximum absolute atomic E-state index is 12.1. The molecule has 0 aromatic heterocycles. The van der Waals surface area contributed by atoms with Gasteiger partial charge in [0.15, 0.2) is 0 Å². The monoisotopic (exact) mass is 378 g/mol. The molecular weight excluding hydrogens is 363 g/mol. The van der Waals surface area contributed by atoms with Gasteiger partial charge in [-0.25, -0.2) is 0 Å². The molecule has 0 radical (unpaired) electrons. The number of carbonyl (C=O) groups excluding carboxylic acids is 1. The lowest BCUT2D eigenvalue weighted by Gasteiger charge is -2.19. The van der Waals surface area contributed by atoms with Crippen LogP contribution in [0.3, 0.4) is 0 Å². The Morgan fingerprint density at radius 2 is 2.16 bits per heavy atom. The lowest BCUT2D eigenvalue weighted by Crippen LogP contribution is -2.38. The van der Waals surface area contributed by atoms with Crippen LogP contribution >= 0.6 is 22.6 Å². The third kappa shape index (κ3) is 4.13. The van der Waals surface area contributed by atoms with Crippen molar-refractivity contribution in [3.63, 3.8) is 0 Å². The van der Waals surface area contributed by atoms with Crippen molar-refractivity contribution in [2.75, 3.05) is 6.61 Å². The molecule has 19 heavy (non-hydrogen) atoms. The number of nitro groups is 1. The van der Waals surface area contributed by atoms with E-state index in [1.165, 1.54) is 18.2 Å². The van der Waals surface area contributed by atoms with Crippen LogP contribution in [0.25, 0.3) is 0 Å². The van der Waals surface area contributed by atoms with E-state index >= 15 is 0 Å². The number of non-ortho nitro benzene ring substituents is 1. The summed E-state index contributed by atoms with van der Waals surface area (Å²) in [7, 11) is 0. The second-order valence-electron chi connectivity index (χ2n) is 4.34. The second kappa shape index (κ2) is 6.80. The molecule has 1 amide bonds. The molecule has 1 rings (SSSR count). The van der Waals surface area contributed by atoms with Crippen LogP contribution in [0.2, 0.25) is 0 Å². The highest BCUT2D eigenvalue weighted by molar-refractivity contribution is 14.1. The third-order valence-corrected chi connectivity index (χ3v) is 3.85. The molecule has 0 saturated carbocycles. The van der Waals surface area contributed by atoms with Gasteiger partial charge in [0.25, 0.3) is 11.6 Å². The van der Waals surface area contributed by atoms with Gasteiger partial charge in [0.05, 0.1) is 10.5 Å². The van der Waals surface area contributed by atoms with E-state index in [1.807, 2.05) is 29.5 Å². The lowest BCUT2D eigenvalue weighted by atomic mass is 10.0. The Kier molecular flexibility index (Phi) is 5.67. The Balaban J connectivity index is 2.93. The number of nitro benzene ring substituents is 1. The molecule has 0 heterocycles. The van der Waals surface area contributed by atoms with Gasteiger partial charge in [-0.15, -0.1) is 0 Å². The summed E-state index contributed by atoms with van der Waals surface area (Å²) in [5, 5.41) is 22.4. The summed E-state index contributed by atoms with van der Waals surface area (Å²) < 4.78 is 0.643. The van der Waals surface area contributed by atoms with Gasteiger partial charge in [-0.3, -0.25) is 14.9 Å². The molecule has 2 N–H and O–H groups in total. The Bertz CT molecular complexity index is 493. The van der Waals surface area contributed by atoms with Gasteiger partial charge in [-0.05, 0) is 41.5 Å². The van der Waals surface area contributed by atoms with Crippen LogP contribution in [0.15, 0.2) is 18.2 Å². The Labute approximate surface area is 124 Å². The molecule has 0 saturated heterocycles. The van der Waals surface area contributed by atoms with Crippen LogP contribution in [0.4, 0.5) is 5.69 Å². The zero-order chi connectivity index (χ0) is 14.6. The molecule has 0 aliphatic rings. The van der Waals surface area contributed by atoms with Gasteiger partial charge in [0.1, 0.15) is 0 Å². The smallest absolute Gasteiger partial charge is 0.270 e. The minimum absolute atomic E-state index is 0.0342. The fourth-order valence-corrected chi connectivity index (χ4v) is 1.97. The fraction of sp³-hybridized carbons (Fsp3) is 0.417. The van der Waals surface area contributed by atoms with Crippen molar-refractivity contribution < 1.29 is 14.8 Å². The molecule has 2 atom stereocenters. The maximum Gasteiger partial charge on any atom is 0.270 e. The second-order valence-corrected chi connectivity index (χ2v) is 5.51. The molecule has 0 fully saturated rings. The van der Waals surface area contributed by atoms with E-state index in [1.54, 1.807) is 6.92 Å². The fourth-order valence-electron chi connectivity index (χ4n) is 1.39. The highest BCUT2D eigenvalue weighted by Gasteiger charge is 2.19. The average molecular weight is 378 g/mol. The molecule has 1 aromatic rings. The number of carbonyl (C=O) groups is 1. The number of hydrogen-bond acceptors (Lipinski definition) is 4. The Morgan fingerprint density at radius 1 is 1.53 bits per heavy atom. The van der Waals surface area contributed by atoms with Gasteiger partial charge in [-0.1, -0.05) is 6.92 Å². The van der Waals surface area contributed by atoms with Crippen molar-refractivity contribution in [1.82, 2.24) is 5.32 Å². The van der Waals surface area contributed by atoms with Crippen LogP contribution < -0.4 is 5.32 Å². The van der Waals surface area contributed by atoms with E-state index in [4.69, 9.17) is 5.11 Å². The number of amides is 1. The summed E-state index contributed by atoms with van der Waals surface area (Å²) in [6, 6.07) is 3.94. The summed E-state index contributed by atoms with van der Waals surface area (Å²) in [5.41, 5.74) is 0.153. The molecule has 2 unspecified atom stereocenters. The third-order valence-electron chi connectivity index (χ3n) is 2.91. The molecule has 7 heteroatoms. The van der Waals surface area contributed by atoms with Crippen LogP contribution in [-0.2, 0) is 0 Å². The molecule has 1 aromatic carbocycles. The zero-order valence-electron chi connectivity index (χ0n) is 10.6. The number of nitrogens with zero attached hydrogens (tertiary/aromatic N) is 1. The number of benzene rings is 1. The van der Waals surface area contributed by atoms with E-state index in [0.29, 0.717) is 3.57 Å². The van der Waals surface area contributed by atoms with E-state index < -0.39 is 4.92 Å². The molecule has 0 bridgehead atoms. The molecule has 0 aliphatic carbocycles. The van der Waals surface area contributed by atoms with Crippen LogP contribution in [0, 0.1) is 19.6 Å². The van der Waals surface area contributed by atoms with Crippen molar-refractivity contribution in [3.05, 3.63) is 37.4 Å². The molecule has 0 aliphatic heterocycles. The normalized spacial score (nSPS) is 13.7. The van der Waals surface area contributed by atoms with Crippen molar-refractivity contribution in [2.24, 2.45) is 5.92 Å². The van der Waals surface area contributed by atoms with Crippen molar-refractivity contribution in [1.29, 1.82) is 0 Å². The summed E-state index contributed by atoms with van der Waals surface area (Å²) in [6.07, 6.45) is 0. The molecular formula is C12H15IN2O4. The van der Waals surface area contributed by atoms with Crippen LogP contribution in [0.1, 0.15) is 24.2 Å². The lowest BCUT2D eigenvalue weighted by molar-refractivity contribution is -0.384. The van der Waals surface area contributed by atoms with Crippen molar-refractivity contribution in [2.45, 2.75) is 19.9 Å². The van der Waals surface area contributed by atoms with E-state index in [9.17, 15) is 14.9 Å². The minimum atomic E-state index is -0.535. The summed E-state index contributed by atoms with van der Waals surface area (Å²) in [5.74, 6) is -0.457. The van der Waals surface area contributed by atoms with Crippen molar-refractivity contribution >= 4 is 34.2 Å². The first-order valence-electron chi connectivity index (χ1n) is 5.72. The minimum Gasteiger partial charge on any atom is -0.396 e. The number of aliphatic hydroxyl groups excluding tert-OH is 1. The Hall–Kier alpha value is -1.22. The van der Waals surface area contributed by atoms with Gasteiger partial charge >= 0.3 is 0 Å². The number of rotatable bonds is 5. The number of nitrogens with one attached hydrogen (secondary N) is 1.